The van der Waals surface area contributed by atoms with Crippen LogP contribution in [0.1, 0.15) is 25.8 Å². The lowest BCUT2D eigenvalue weighted by Gasteiger charge is -2.13. The van der Waals surface area contributed by atoms with E-state index in [1.54, 1.807) is 12.1 Å². The highest BCUT2D eigenvalue weighted by molar-refractivity contribution is 5.16. The summed E-state index contributed by atoms with van der Waals surface area (Å²) in [5.41, 5.74) is 0.616. The largest absolute Gasteiger partial charge is 0.375 e. The second-order valence-electron chi connectivity index (χ2n) is 3.96. The van der Waals surface area contributed by atoms with Crippen molar-refractivity contribution in [1.29, 1.82) is 0 Å². The average molecular weight is 225 g/mol. The fraction of sp³-hybridized carbons (Fsp3) is 0.538. The molecule has 90 valence electrons. The first kappa shape index (κ1) is 13.1. The van der Waals surface area contributed by atoms with Gasteiger partial charge in [0.2, 0.25) is 0 Å². The van der Waals surface area contributed by atoms with Crippen molar-refractivity contribution in [3.63, 3.8) is 0 Å². The predicted molar refractivity (Wildman–Crippen MR) is 63.8 cm³/mol. The van der Waals surface area contributed by atoms with E-state index in [1.165, 1.54) is 6.07 Å². The van der Waals surface area contributed by atoms with Crippen LogP contribution >= 0.6 is 0 Å². The second kappa shape index (κ2) is 7.36. The molecule has 1 aromatic rings. The fourth-order valence-electron chi connectivity index (χ4n) is 1.41. The van der Waals surface area contributed by atoms with Gasteiger partial charge in [-0.15, -0.1) is 0 Å². The minimum Gasteiger partial charge on any atom is -0.375 e. The van der Waals surface area contributed by atoms with Gasteiger partial charge in [0.15, 0.2) is 0 Å². The molecular formula is C13H20FNO. The fourth-order valence-corrected chi connectivity index (χ4v) is 1.41. The summed E-state index contributed by atoms with van der Waals surface area (Å²) < 4.78 is 18.7. The van der Waals surface area contributed by atoms with Crippen molar-refractivity contribution in [2.45, 2.75) is 32.9 Å². The Kier molecular flexibility index (Phi) is 6.04. The smallest absolute Gasteiger partial charge is 0.128 e. The Hall–Kier alpha value is -0.930. The van der Waals surface area contributed by atoms with Crippen LogP contribution in [0.25, 0.3) is 0 Å². The lowest BCUT2D eigenvalue weighted by molar-refractivity contribution is 0.101. The Morgan fingerprint density at radius 2 is 2.12 bits per heavy atom. The Balaban J connectivity index is 2.23. The molecule has 0 radical (unpaired) electrons. The maximum Gasteiger partial charge on any atom is 0.128 e. The lowest BCUT2D eigenvalue weighted by atomic mass is 10.2. The highest BCUT2D eigenvalue weighted by Gasteiger charge is 2.03. The zero-order valence-corrected chi connectivity index (χ0v) is 10.0. The van der Waals surface area contributed by atoms with Crippen molar-refractivity contribution < 1.29 is 9.13 Å². The van der Waals surface area contributed by atoms with Crippen molar-refractivity contribution in [3.05, 3.63) is 35.6 Å². The summed E-state index contributed by atoms with van der Waals surface area (Å²) >= 11 is 0. The van der Waals surface area contributed by atoms with Gasteiger partial charge in [0.05, 0.1) is 13.2 Å². The SMILES string of the molecule is CCCNC(C)COCc1ccccc1F. The van der Waals surface area contributed by atoms with Crippen molar-refractivity contribution >= 4 is 0 Å². The van der Waals surface area contributed by atoms with Gasteiger partial charge in [0, 0.05) is 11.6 Å². The molecule has 1 unspecified atom stereocenters. The number of hydrogen-bond donors (Lipinski definition) is 1. The van der Waals surface area contributed by atoms with E-state index in [-0.39, 0.29) is 5.82 Å². The lowest BCUT2D eigenvalue weighted by Crippen LogP contribution is -2.31. The predicted octanol–water partition coefficient (Wildman–Crippen LogP) is 2.73. The molecule has 1 aromatic carbocycles. The Morgan fingerprint density at radius 3 is 2.81 bits per heavy atom. The van der Waals surface area contributed by atoms with Crippen molar-refractivity contribution in [2.75, 3.05) is 13.2 Å². The number of hydrogen-bond acceptors (Lipinski definition) is 2. The standard InChI is InChI=1S/C13H20FNO/c1-3-8-15-11(2)9-16-10-12-6-4-5-7-13(12)14/h4-7,11,15H,3,8-10H2,1-2H3. The highest BCUT2D eigenvalue weighted by Crippen LogP contribution is 2.07. The van der Waals surface area contributed by atoms with E-state index in [0.717, 1.165) is 13.0 Å². The van der Waals surface area contributed by atoms with Crippen LogP contribution in [0.3, 0.4) is 0 Å². The first-order chi connectivity index (χ1) is 7.74. The van der Waals surface area contributed by atoms with E-state index >= 15 is 0 Å². The van der Waals surface area contributed by atoms with Crippen LogP contribution in [0.15, 0.2) is 24.3 Å². The third kappa shape index (κ3) is 4.73. The monoisotopic (exact) mass is 225 g/mol. The molecule has 2 nitrogen and oxygen atoms in total. The Morgan fingerprint density at radius 1 is 1.38 bits per heavy atom. The van der Waals surface area contributed by atoms with Gasteiger partial charge < -0.3 is 10.1 Å². The van der Waals surface area contributed by atoms with Gasteiger partial charge in [0.1, 0.15) is 5.82 Å². The molecule has 0 aliphatic carbocycles. The zero-order valence-electron chi connectivity index (χ0n) is 10.0. The molecule has 0 fully saturated rings. The minimum atomic E-state index is -0.198. The minimum absolute atomic E-state index is 0.198. The molecule has 0 aliphatic heterocycles. The Bertz CT molecular complexity index is 304. The molecule has 0 saturated carbocycles. The molecule has 0 aromatic heterocycles. The van der Waals surface area contributed by atoms with E-state index in [1.807, 2.05) is 6.07 Å². The van der Waals surface area contributed by atoms with Crippen molar-refractivity contribution in [2.24, 2.45) is 0 Å². The molecule has 1 rings (SSSR count). The topological polar surface area (TPSA) is 21.3 Å². The normalized spacial score (nSPS) is 12.7. The summed E-state index contributed by atoms with van der Waals surface area (Å²) in [6.45, 7) is 6.13. The van der Waals surface area contributed by atoms with Gasteiger partial charge >= 0.3 is 0 Å². The van der Waals surface area contributed by atoms with Crippen molar-refractivity contribution in [1.82, 2.24) is 5.32 Å². The molecule has 0 aliphatic rings. The molecule has 0 bridgehead atoms. The van der Waals surface area contributed by atoms with Gasteiger partial charge in [-0.05, 0) is 26.0 Å². The van der Waals surface area contributed by atoms with Crippen LogP contribution in [0.4, 0.5) is 4.39 Å². The molecule has 0 spiro atoms. The van der Waals surface area contributed by atoms with Crippen LogP contribution in [-0.4, -0.2) is 19.2 Å². The number of halogens is 1. The number of benzene rings is 1. The highest BCUT2D eigenvalue weighted by atomic mass is 19.1. The maximum absolute atomic E-state index is 13.2. The van der Waals surface area contributed by atoms with Gasteiger partial charge in [-0.2, -0.15) is 0 Å². The third-order valence-corrected chi connectivity index (χ3v) is 2.33. The van der Waals surface area contributed by atoms with E-state index in [9.17, 15) is 4.39 Å². The van der Waals surface area contributed by atoms with Crippen LogP contribution < -0.4 is 5.32 Å². The second-order valence-corrected chi connectivity index (χ2v) is 3.96. The molecule has 3 heteroatoms. The van der Waals surface area contributed by atoms with Crippen LogP contribution in [0.2, 0.25) is 0 Å². The van der Waals surface area contributed by atoms with Crippen LogP contribution in [-0.2, 0) is 11.3 Å². The summed E-state index contributed by atoms with van der Waals surface area (Å²) in [6, 6.07) is 7.02. The maximum atomic E-state index is 13.2. The van der Waals surface area contributed by atoms with E-state index in [4.69, 9.17) is 4.74 Å². The summed E-state index contributed by atoms with van der Waals surface area (Å²) in [6.07, 6.45) is 1.11. The van der Waals surface area contributed by atoms with Gasteiger partial charge in [-0.25, -0.2) is 4.39 Å². The molecule has 0 amide bonds. The van der Waals surface area contributed by atoms with Gasteiger partial charge in [-0.3, -0.25) is 0 Å². The summed E-state index contributed by atoms with van der Waals surface area (Å²) in [7, 11) is 0. The molecule has 0 heterocycles. The van der Waals surface area contributed by atoms with E-state index in [2.05, 4.69) is 19.2 Å². The summed E-state index contributed by atoms with van der Waals surface area (Å²) in [5.74, 6) is -0.198. The first-order valence-electron chi connectivity index (χ1n) is 5.78. The van der Waals surface area contributed by atoms with E-state index in [0.29, 0.717) is 24.8 Å². The Labute approximate surface area is 96.8 Å². The number of ether oxygens (including phenoxy) is 1. The first-order valence-corrected chi connectivity index (χ1v) is 5.78. The van der Waals surface area contributed by atoms with Gasteiger partial charge in [-0.1, -0.05) is 25.1 Å². The average Bonchev–Trinajstić information content (AvgIpc) is 2.29. The summed E-state index contributed by atoms with van der Waals surface area (Å²) in [5, 5.41) is 3.31. The number of rotatable bonds is 7. The number of nitrogens with one attached hydrogen (secondary N) is 1. The molecule has 1 N–H and O–H groups in total. The molecular weight excluding hydrogens is 205 g/mol. The van der Waals surface area contributed by atoms with Crippen LogP contribution in [0, 0.1) is 5.82 Å². The van der Waals surface area contributed by atoms with Crippen LogP contribution in [0.5, 0.6) is 0 Å². The molecule has 1 atom stereocenters. The van der Waals surface area contributed by atoms with E-state index < -0.39 is 0 Å². The van der Waals surface area contributed by atoms with Crippen molar-refractivity contribution in [3.8, 4) is 0 Å². The molecule has 0 saturated heterocycles. The summed E-state index contributed by atoms with van der Waals surface area (Å²) in [4.78, 5) is 0. The molecule has 16 heavy (non-hydrogen) atoms. The zero-order chi connectivity index (χ0) is 11.8. The third-order valence-electron chi connectivity index (χ3n) is 2.33. The quantitative estimate of drug-likeness (QED) is 0.770. The van der Waals surface area contributed by atoms with Gasteiger partial charge in [0.25, 0.3) is 0 Å².